The first-order chi connectivity index (χ1) is 9.10. The van der Waals surface area contributed by atoms with E-state index in [0.717, 1.165) is 16.0 Å². The number of hydrogen-bond donors (Lipinski definition) is 1. The number of carbonyl (C=O) groups is 1. The van der Waals surface area contributed by atoms with Crippen LogP contribution in [0.2, 0.25) is 0 Å². The van der Waals surface area contributed by atoms with Crippen molar-refractivity contribution >= 4 is 27.6 Å². The fraction of sp³-hybridized carbons (Fsp3) is 0.231. The molecule has 0 bridgehead atoms. The molecule has 0 atom stereocenters. The van der Waals surface area contributed by atoms with E-state index in [4.69, 9.17) is 4.42 Å². The van der Waals surface area contributed by atoms with Gasteiger partial charge in [0.2, 0.25) is 5.76 Å². The summed E-state index contributed by atoms with van der Waals surface area (Å²) in [6.07, 6.45) is 0. The first kappa shape index (κ1) is 13.6. The molecule has 0 aliphatic carbocycles. The zero-order chi connectivity index (χ0) is 13.8. The minimum absolute atomic E-state index is 0.199. The summed E-state index contributed by atoms with van der Waals surface area (Å²) in [7, 11) is 1.32. The van der Waals surface area contributed by atoms with E-state index in [0.29, 0.717) is 12.3 Å². The molecule has 0 aliphatic heterocycles. The molecule has 0 radical (unpaired) electrons. The number of hydrogen-bond acceptors (Lipinski definition) is 5. The smallest absolute Gasteiger partial charge is 0.373 e. The van der Waals surface area contributed by atoms with Gasteiger partial charge in [0.25, 0.3) is 0 Å². The number of rotatable bonds is 4. The lowest BCUT2D eigenvalue weighted by molar-refractivity contribution is 0.0563. The molecule has 2 aromatic rings. The Morgan fingerprint density at radius 1 is 1.42 bits per heavy atom. The van der Waals surface area contributed by atoms with Gasteiger partial charge in [0, 0.05) is 0 Å². The molecule has 2 rings (SSSR count). The van der Waals surface area contributed by atoms with E-state index < -0.39 is 5.97 Å². The van der Waals surface area contributed by atoms with Crippen molar-refractivity contribution in [1.82, 2.24) is 4.98 Å². The Kier molecular flexibility index (Phi) is 4.21. The number of nitrogens with zero attached hydrogens (tertiary/aromatic N) is 1. The number of ether oxygens (including phenoxy) is 1. The standard InChI is InChI=1S/C13H13BrN2O3/c1-8-10(4-6-12(14)16-8)15-7-9-3-5-11(19-9)13(17)18-2/h3-6,15H,7H2,1-2H3. The van der Waals surface area contributed by atoms with Gasteiger partial charge in [0.1, 0.15) is 10.4 Å². The second-order valence-corrected chi connectivity index (χ2v) is 4.69. The number of furan rings is 1. The van der Waals surface area contributed by atoms with E-state index in [2.05, 4.69) is 31.0 Å². The summed E-state index contributed by atoms with van der Waals surface area (Å²) in [4.78, 5) is 15.5. The Bertz CT molecular complexity index is 595. The van der Waals surface area contributed by atoms with Crippen LogP contribution in [0, 0.1) is 6.92 Å². The summed E-state index contributed by atoms with van der Waals surface area (Å²) in [5.41, 5.74) is 1.80. The Balaban J connectivity index is 2.02. The fourth-order valence-corrected chi connectivity index (χ4v) is 1.98. The maximum atomic E-state index is 11.2. The summed E-state index contributed by atoms with van der Waals surface area (Å²) in [6.45, 7) is 2.39. The molecular weight excluding hydrogens is 312 g/mol. The normalized spacial score (nSPS) is 10.3. The number of esters is 1. The third-order valence-electron chi connectivity index (χ3n) is 2.55. The average Bonchev–Trinajstić information content (AvgIpc) is 2.85. The molecule has 0 amide bonds. The summed E-state index contributed by atoms with van der Waals surface area (Å²) in [6, 6.07) is 7.12. The van der Waals surface area contributed by atoms with E-state index in [1.54, 1.807) is 12.1 Å². The number of pyridine rings is 1. The molecule has 2 aromatic heterocycles. The van der Waals surface area contributed by atoms with Crippen molar-refractivity contribution in [3.8, 4) is 0 Å². The molecule has 0 saturated heterocycles. The number of anilines is 1. The van der Waals surface area contributed by atoms with Crippen LogP contribution in [0.15, 0.2) is 33.3 Å². The number of methoxy groups -OCH3 is 1. The largest absolute Gasteiger partial charge is 0.463 e. The monoisotopic (exact) mass is 324 g/mol. The maximum absolute atomic E-state index is 11.2. The highest BCUT2D eigenvalue weighted by atomic mass is 79.9. The molecule has 0 saturated carbocycles. The zero-order valence-corrected chi connectivity index (χ0v) is 12.2. The van der Waals surface area contributed by atoms with Crippen molar-refractivity contribution in [2.45, 2.75) is 13.5 Å². The van der Waals surface area contributed by atoms with Crippen molar-refractivity contribution in [1.29, 1.82) is 0 Å². The van der Waals surface area contributed by atoms with E-state index in [1.807, 2.05) is 19.1 Å². The van der Waals surface area contributed by atoms with Crippen molar-refractivity contribution in [2.75, 3.05) is 12.4 Å². The van der Waals surface area contributed by atoms with Crippen LogP contribution >= 0.6 is 15.9 Å². The SMILES string of the molecule is COC(=O)c1ccc(CNc2ccc(Br)nc2C)o1. The fourth-order valence-electron chi connectivity index (χ4n) is 1.58. The topological polar surface area (TPSA) is 64.4 Å². The van der Waals surface area contributed by atoms with Crippen molar-refractivity contribution < 1.29 is 13.9 Å². The Hall–Kier alpha value is -1.82. The van der Waals surface area contributed by atoms with E-state index in [9.17, 15) is 4.79 Å². The van der Waals surface area contributed by atoms with Gasteiger partial charge < -0.3 is 14.5 Å². The third-order valence-corrected chi connectivity index (χ3v) is 2.99. The predicted octanol–water partition coefficient (Wildman–Crippen LogP) is 3.14. The van der Waals surface area contributed by atoms with Crippen molar-refractivity contribution in [3.05, 3.63) is 46.1 Å². The molecule has 5 nitrogen and oxygen atoms in total. The minimum Gasteiger partial charge on any atom is -0.463 e. The Morgan fingerprint density at radius 2 is 2.21 bits per heavy atom. The van der Waals surface area contributed by atoms with Gasteiger partial charge in [-0.1, -0.05) is 0 Å². The van der Waals surface area contributed by atoms with E-state index >= 15 is 0 Å². The zero-order valence-electron chi connectivity index (χ0n) is 10.6. The predicted molar refractivity (Wildman–Crippen MR) is 74.0 cm³/mol. The van der Waals surface area contributed by atoms with Gasteiger partial charge in [0.05, 0.1) is 25.0 Å². The van der Waals surface area contributed by atoms with Gasteiger partial charge in [-0.3, -0.25) is 0 Å². The summed E-state index contributed by atoms with van der Waals surface area (Å²) >= 11 is 3.31. The lowest BCUT2D eigenvalue weighted by Crippen LogP contribution is -2.02. The van der Waals surface area contributed by atoms with Crippen LogP contribution in [0.5, 0.6) is 0 Å². The lowest BCUT2D eigenvalue weighted by Gasteiger charge is -2.07. The molecule has 2 heterocycles. The van der Waals surface area contributed by atoms with Gasteiger partial charge in [-0.05, 0) is 47.1 Å². The first-order valence-corrected chi connectivity index (χ1v) is 6.43. The molecule has 0 aromatic carbocycles. The Labute approximate surface area is 119 Å². The highest BCUT2D eigenvalue weighted by molar-refractivity contribution is 9.10. The summed E-state index contributed by atoms with van der Waals surface area (Å²) < 4.78 is 10.7. The summed E-state index contributed by atoms with van der Waals surface area (Å²) in [5.74, 6) is 0.375. The molecule has 19 heavy (non-hydrogen) atoms. The van der Waals surface area contributed by atoms with Gasteiger partial charge in [-0.25, -0.2) is 9.78 Å². The van der Waals surface area contributed by atoms with Gasteiger partial charge in [0.15, 0.2) is 0 Å². The van der Waals surface area contributed by atoms with Crippen LogP contribution < -0.4 is 5.32 Å². The number of nitrogens with one attached hydrogen (secondary N) is 1. The molecule has 100 valence electrons. The Morgan fingerprint density at radius 3 is 2.89 bits per heavy atom. The third kappa shape index (κ3) is 3.35. The highest BCUT2D eigenvalue weighted by Gasteiger charge is 2.11. The van der Waals surface area contributed by atoms with Crippen LogP contribution in [-0.2, 0) is 11.3 Å². The van der Waals surface area contributed by atoms with Gasteiger partial charge in [-0.15, -0.1) is 0 Å². The maximum Gasteiger partial charge on any atom is 0.373 e. The molecule has 0 unspecified atom stereocenters. The molecule has 0 aliphatic rings. The molecule has 1 N–H and O–H groups in total. The molecular formula is C13H13BrN2O3. The summed E-state index contributed by atoms with van der Waals surface area (Å²) in [5, 5.41) is 3.20. The first-order valence-electron chi connectivity index (χ1n) is 5.64. The van der Waals surface area contributed by atoms with Crippen LogP contribution in [0.3, 0.4) is 0 Å². The number of aryl methyl sites for hydroxylation is 1. The lowest BCUT2D eigenvalue weighted by atomic mass is 10.3. The van der Waals surface area contributed by atoms with Gasteiger partial charge in [-0.2, -0.15) is 0 Å². The number of halogens is 1. The molecule has 6 heteroatoms. The quantitative estimate of drug-likeness (QED) is 0.691. The molecule has 0 fully saturated rings. The minimum atomic E-state index is -0.479. The molecule has 0 spiro atoms. The van der Waals surface area contributed by atoms with Crippen LogP contribution in [0.1, 0.15) is 22.0 Å². The number of aromatic nitrogens is 1. The van der Waals surface area contributed by atoms with Crippen molar-refractivity contribution in [3.63, 3.8) is 0 Å². The number of carbonyl (C=O) groups excluding carboxylic acids is 1. The van der Waals surface area contributed by atoms with Crippen LogP contribution in [0.4, 0.5) is 5.69 Å². The highest BCUT2D eigenvalue weighted by Crippen LogP contribution is 2.17. The van der Waals surface area contributed by atoms with Crippen molar-refractivity contribution in [2.24, 2.45) is 0 Å². The second kappa shape index (κ2) is 5.88. The van der Waals surface area contributed by atoms with Gasteiger partial charge >= 0.3 is 5.97 Å². The second-order valence-electron chi connectivity index (χ2n) is 3.88. The van der Waals surface area contributed by atoms with Crippen LogP contribution in [-0.4, -0.2) is 18.1 Å². The van der Waals surface area contributed by atoms with E-state index in [1.165, 1.54) is 7.11 Å². The van der Waals surface area contributed by atoms with Crippen LogP contribution in [0.25, 0.3) is 0 Å². The average molecular weight is 325 g/mol. The van der Waals surface area contributed by atoms with E-state index in [-0.39, 0.29) is 5.76 Å².